The SMILES string of the molecule is C/C(=N\NC(=O)c1cn(-c2ccccc2)nc1-c1ccccc1)c1cccnc1. The minimum absolute atomic E-state index is 0.325. The highest BCUT2D eigenvalue weighted by atomic mass is 16.2. The highest BCUT2D eigenvalue weighted by Gasteiger charge is 2.18. The molecule has 1 N–H and O–H groups in total. The van der Waals surface area contributed by atoms with Gasteiger partial charge in [-0.15, -0.1) is 0 Å². The number of pyridine rings is 1. The van der Waals surface area contributed by atoms with Crippen LogP contribution in [-0.2, 0) is 0 Å². The molecule has 6 nitrogen and oxygen atoms in total. The number of carbonyl (C=O) groups is 1. The topological polar surface area (TPSA) is 72.2 Å². The van der Waals surface area contributed by atoms with Crippen molar-refractivity contribution < 1.29 is 4.79 Å². The maximum atomic E-state index is 12.9. The summed E-state index contributed by atoms with van der Waals surface area (Å²) in [5.41, 5.74) is 6.93. The van der Waals surface area contributed by atoms with Crippen LogP contribution in [0, 0.1) is 0 Å². The second kappa shape index (κ2) is 8.31. The van der Waals surface area contributed by atoms with Gasteiger partial charge in [-0.3, -0.25) is 9.78 Å². The molecule has 0 saturated carbocycles. The largest absolute Gasteiger partial charge is 0.275 e. The van der Waals surface area contributed by atoms with Gasteiger partial charge in [0.15, 0.2) is 0 Å². The van der Waals surface area contributed by atoms with Crippen LogP contribution in [-0.4, -0.2) is 26.4 Å². The molecule has 142 valence electrons. The van der Waals surface area contributed by atoms with Crippen LogP contribution in [0.4, 0.5) is 0 Å². The fourth-order valence-electron chi connectivity index (χ4n) is 2.90. The van der Waals surface area contributed by atoms with E-state index in [1.807, 2.05) is 79.7 Å². The Morgan fingerprint density at radius 2 is 1.69 bits per heavy atom. The summed E-state index contributed by atoms with van der Waals surface area (Å²) in [5, 5.41) is 8.88. The van der Waals surface area contributed by atoms with E-state index < -0.39 is 0 Å². The molecule has 0 fully saturated rings. The summed E-state index contributed by atoms with van der Waals surface area (Å²) in [6.45, 7) is 1.82. The zero-order chi connectivity index (χ0) is 20.1. The molecule has 29 heavy (non-hydrogen) atoms. The predicted molar refractivity (Wildman–Crippen MR) is 113 cm³/mol. The van der Waals surface area contributed by atoms with E-state index >= 15 is 0 Å². The summed E-state index contributed by atoms with van der Waals surface area (Å²) in [7, 11) is 0. The summed E-state index contributed by atoms with van der Waals surface area (Å²) in [4.78, 5) is 17.0. The zero-order valence-electron chi connectivity index (χ0n) is 15.9. The second-order valence-corrected chi connectivity index (χ2v) is 6.42. The molecule has 6 heteroatoms. The van der Waals surface area contributed by atoms with Gasteiger partial charge in [-0.05, 0) is 25.1 Å². The van der Waals surface area contributed by atoms with Gasteiger partial charge < -0.3 is 0 Å². The Kier molecular flexibility index (Phi) is 5.25. The van der Waals surface area contributed by atoms with Gasteiger partial charge in [0.1, 0.15) is 5.69 Å². The van der Waals surface area contributed by atoms with Crippen LogP contribution in [0.1, 0.15) is 22.8 Å². The first-order chi connectivity index (χ1) is 14.2. The standard InChI is InChI=1S/C23H19N5O/c1-17(19-11-8-14-24-15-19)25-26-23(29)21-16-28(20-12-6-3-7-13-20)27-22(21)18-9-4-2-5-10-18/h2-16H,1H3,(H,26,29)/b25-17+. The van der Waals surface area contributed by atoms with E-state index in [4.69, 9.17) is 0 Å². The number of para-hydroxylation sites is 1. The first-order valence-electron chi connectivity index (χ1n) is 9.18. The van der Waals surface area contributed by atoms with E-state index in [9.17, 15) is 4.79 Å². The summed E-state index contributed by atoms with van der Waals surface area (Å²) in [6.07, 6.45) is 5.12. The molecule has 4 aromatic rings. The first-order valence-corrected chi connectivity index (χ1v) is 9.18. The minimum atomic E-state index is -0.325. The Balaban J connectivity index is 1.68. The van der Waals surface area contributed by atoms with E-state index in [1.165, 1.54) is 0 Å². The molecule has 2 aromatic heterocycles. The van der Waals surface area contributed by atoms with Gasteiger partial charge in [-0.1, -0.05) is 54.6 Å². The molecular weight excluding hydrogens is 362 g/mol. The van der Waals surface area contributed by atoms with Crippen molar-refractivity contribution in [2.24, 2.45) is 5.10 Å². The number of hydrogen-bond acceptors (Lipinski definition) is 4. The molecule has 0 aliphatic carbocycles. The fraction of sp³-hybridized carbons (Fsp3) is 0.0435. The van der Waals surface area contributed by atoms with E-state index in [1.54, 1.807) is 23.3 Å². The lowest BCUT2D eigenvalue weighted by molar-refractivity contribution is 0.0955. The number of hydrazone groups is 1. The number of hydrogen-bond donors (Lipinski definition) is 1. The van der Waals surface area contributed by atoms with Crippen molar-refractivity contribution in [3.05, 3.63) is 103 Å². The van der Waals surface area contributed by atoms with Crippen LogP contribution in [0.25, 0.3) is 16.9 Å². The van der Waals surface area contributed by atoms with Gasteiger partial charge in [0.25, 0.3) is 5.91 Å². The van der Waals surface area contributed by atoms with Crippen LogP contribution >= 0.6 is 0 Å². The lowest BCUT2D eigenvalue weighted by Crippen LogP contribution is -2.19. The quantitative estimate of drug-likeness (QED) is 0.418. The average molecular weight is 381 g/mol. The molecular formula is C23H19N5O. The minimum Gasteiger partial charge on any atom is -0.267 e. The molecule has 0 spiro atoms. The average Bonchev–Trinajstić information content (AvgIpc) is 3.25. The Morgan fingerprint density at radius 3 is 2.38 bits per heavy atom. The van der Waals surface area contributed by atoms with Gasteiger partial charge in [0.05, 0.1) is 17.0 Å². The van der Waals surface area contributed by atoms with Crippen molar-refractivity contribution in [1.29, 1.82) is 0 Å². The predicted octanol–water partition coefficient (Wildman–Crippen LogP) is 4.09. The van der Waals surface area contributed by atoms with Gasteiger partial charge in [-0.25, -0.2) is 10.1 Å². The van der Waals surface area contributed by atoms with Crippen molar-refractivity contribution in [2.75, 3.05) is 0 Å². The van der Waals surface area contributed by atoms with Crippen molar-refractivity contribution in [3.63, 3.8) is 0 Å². The molecule has 2 aromatic carbocycles. The number of carbonyl (C=O) groups excluding carboxylic acids is 1. The Labute approximate surface area is 168 Å². The number of nitrogens with one attached hydrogen (secondary N) is 1. The summed E-state index contributed by atoms with van der Waals surface area (Å²) >= 11 is 0. The molecule has 2 heterocycles. The van der Waals surface area contributed by atoms with Crippen LogP contribution in [0.3, 0.4) is 0 Å². The summed E-state index contributed by atoms with van der Waals surface area (Å²) in [5.74, 6) is -0.325. The first kappa shape index (κ1) is 18.3. The monoisotopic (exact) mass is 381 g/mol. The molecule has 0 atom stereocenters. The van der Waals surface area contributed by atoms with Crippen LogP contribution < -0.4 is 5.43 Å². The van der Waals surface area contributed by atoms with Gasteiger partial charge in [0.2, 0.25) is 0 Å². The maximum Gasteiger partial charge on any atom is 0.275 e. The third-order valence-electron chi connectivity index (χ3n) is 4.43. The molecule has 0 unspecified atom stereocenters. The van der Waals surface area contributed by atoms with Gasteiger partial charge >= 0.3 is 0 Å². The molecule has 0 saturated heterocycles. The van der Waals surface area contributed by atoms with Crippen LogP contribution in [0.15, 0.2) is 96.5 Å². The molecule has 0 aliphatic heterocycles. The smallest absolute Gasteiger partial charge is 0.267 e. The fourth-order valence-corrected chi connectivity index (χ4v) is 2.90. The van der Waals surface area contributed by atoms with Crippen LogP contribution in [0.5, 0.6) is 0 Å². The van der Waals surface area contributed by atoms with Crippen molar-refractivity contribution in [2.45, 2.75) is 6.92 Å². The van der Waals surface area contributed by atoms with E-state index in [-0.39, 0.29) is 5.91 Å². The zero-order valence-corrected chi connectivity index (χ0v) is 15.9. The number of benzene rings is 2. The van der Waals surface area contributed by atoms with E-state index in [0.29, 0.717) is 17.0 Å². The highest BCUT2D eigenvalue weighted by molar-refractivity contribution is 6.02. The van der Waals surface area contributed by atoms with Crippen molar-refractivity contribution in [1.82, 2.24) is 20.2 Å². The third kappa shape index (κ3) is 4.11. The number of nitrogens with zero attached hydrogens (tertiary/aromatic N) is 4. The second-order valence-electron chi connectivity index (χ2n) is 6.42. The Hall–Kier alpha value is -4.06. The Morgan fingerprint density at radius 1 is 0.966 bits per heavy atom. The lowest BCUT2D eigenvalue weighted by Gasteiger charge is -2.03. The van der Waals surface area contributed by atoms with Crippen molar-refractivity contribution in [3.8, 4) is 16.9 Å². The lowest BCUT2D eigenvalue weighted by atomic mass is 10.1. The molecule has 0 radical (unpaired) electrons. The van der Waals surface area contributed by atoms with Gasteiger partial charge in [-0.2, -0.15) is 10.2 Å². The highest BCUT2D eigenvalue weighted by Crippen LogP contribution is 2.23. The number of rotatable bonds is 5. The molecule has 4 rings (SSSR count). The van der Waals surface area contributed by atoms with Gasteiger partial charge in [0, 0.05) is 29.7 Å². The normalized spacial score (nSPS) is 11.3. The van der Waals surface area contributed by atoms with Crippen LogP contribution in [0.2, 0.25) is 0 Å². The summed E-state index contributed by atoms with van der Waals surface area (Å²) < 4.78 is 1.70. The third-order valence-corrected chi connectivity index (χ3v) is 4.43. The van der Waals surface area contributed by atoms with E-state index in [2.05, 4.69) is 20.6 Å². The van der Waals surface area contributed by atoms with E-state index in [0.717, 1.165) is 16.8 Å². The number of aromatic nitrogens is 3. The maximum absolute atomic E-state index is 12.9. The molecule has 0 bridgehead atoms. The number of amides is 1. The van der Waals surface area contributed by atoms with Crippen molar-refractivity contribution >= 4 is 11.6 Å². The Bertz CT molecular complexity index is 1140. The summed E-state index contributed by atoms with van der Waals surface area (Å²) in [6, 6.07) is 23.0. The molecule has 0 aliphatic rings. The molecule has 1 amide bonds.